The molecule has 0 aromatic heterocycles. The number of nitrogens with zero attached hydrogens (tertiary/aromatic N) is 1. The Balaban J connectivity index is 3.62. The van der Waals surface area contributed by atoms with E-state index in [-0.39, 0.29) is 0 Å². The molecule has 0 spiro atoms. The second-order valence-corrected chi connectivity index (χ2v) is 4.82. The molecule has 1 rings (SSSR count). The fraction of sp³-hybridized carbons (Fsp3) is 0. The van der Waals surface area contributed by atoms with Gasteiger partial charge in [0.05, 0.1) is 0 Å². The molecule has 0 fully saturated rings. The average Bonchev–Trinajstić information content (AvgIpc) is 2.02. The van der Waals surface area contributed by atoms with Crippen LogP contribution in [-0.2, 0) is 9.05 Å². The van der Waals surface area contributed by atoms with Gasteiger partial charge in [-0.3, -0.25) is 0 Å². The summed E-state index contributed by atoms with van der Waals surface area (Å²) in [4.78, 5) is -0.905. The molecule has 0 saturated carbocycles. The van der Waals surface area contributed by atoms with Gasteiger partial charge in [-0.15, -0.1) is 0 Å². The van der Waals surface area contributed by atoms with Crippen molar-refractivity contribution in [2.75, 3.05) is 0 Å². The first-order valence-corrected chi connectivity index (χ1v) is 5.51. The number of benzene rings is 1. The first kappa shape index (κ1) is 10.9. The van der Waals surface area contributed by atoms with Crippen molar-refractivity contribution < 1.29 is 17.2 Å². The Hall–Kier alpha value is -1.19. The Morgan fingerprint density at radius 3 is 2.36 bits per heavy atom. The molecular formula is C7H2ClF2NO2S. The smallest absolute Gasteiger partial charge is 0.207 e. The molecule has 0 saturated heterocycles. The fourth-order valence-corrected chi connectivity index (χ4v) is 1.73. The van der Waals surface area contributed by atoms with Crippen molar-refractivity contribution in [1.29, 1.82) is 5.26 Å². The van der Waals surface area contributed by atoms with Crippen LogP contribution in [0.3, 0.4) is 0 Å². The lowest BCUT2D eigenvalue weighted by Crippen LogP contribution is -2.00. The molecule has 1 aromatic rings. The molecule has 0 aliphatic rings. The molecule has 0 aliphatic carbocycles. The first-order chi connectivity index (χ1) is 6.38. The number of rotatable bonds is 1. The van der Waals surface area contributed by atoms with E-state index in [0.29, 0.717) is 12.1 Å². The molecule has 7 heteroatoms. The molecule has 74 valence electrons. The highest BCUT2D eigenvalue weighted by molar-refractivity contribution is 8.13. The Bertz CT molecular complexity index is 521. The van der Waals surface area contributed by atoms with Gasteiger partial charge in [0.2, 0.25) is 0 Å². The average molecular weight is 238 g/mol. The van der Waals surface area contributed by atoms with Gasteiger partial charge in [0.25, 0.3) is 9.05 Å². The van der Waals surface area contributed by atoms with Gasteiger partial charge in [-0.25, -0.2) is 17.2 Å². The lowest BCUT2D eigenvalue weighted by Gasteiger charge is -2.00. The summed E-state index contributed by atoms with van der Waals surface area (Å²) in [6.07, 6.45) is 0. The molecule has 0 aliphatic heterocycles. The lowest BCUT2D eigenvalue weighted by molar-refractivity contribution is 0.548. The summed E-state index contributed by atoms with van der Waals surface area (Å²) in [5.41, 5.74) is -0.966. The topological polar surface area (TPSA) is 57.9 Å². The maximum atomic E-state index is 13.1. The Morgan fingerprint density at radius 1 is 1.36 bits per heavy atom. The van der Waals surface area contributed by atoms with Gasteiger partial charge in [0.15, 0.2) is 5.82 Å². The van der Waals surface area contributed by atoms with Gasteiger partial charge < -0.3 is 0 Å². The minimum Gasteiger partial charge on any atom is -0.207 e. The Kier molecular flexibility index (Phi) is 2.73. The van der Waals surface area contributed by atoms with Crippen molar-refractivity contribution in [1.82, 2.24) is 0 Å². The molecule has 1 aromatic carbocycles. The maximum Gasteiger partial charge on any atom is 0.264 e. The zero-order valence-corrected chi connectivity index (χ0v) is 8.03. The number of halogens is 3. The van der Waals surface area contributed by atoms with Crippen LogP contribution in [0.1, 0.15) is 5.56 Å². The van der Waals surface area contributed by atoms with Crippen molar-refractivity contribution in [3.63, 3.8) is 0 Å². The van der Waals surface area contributed by atoms with Gasteiger partial charge in [0, 0.05) is 10.7 Å². The van der Waals surface area contributed by atoms with Gasteiger partial charge in [-0.05, 0) is 12.1 Å². The zero-order chi connectivity index (χ0) is 10.9. The Labute approximate surface area is 83.0 Å². The lowest BCUT2D eigenvalue weighted by atomic mass is 10.2. The van der Waals surface area contributed by atoms with Crippen molar-refractivity contribution in [2.45, 2.75) is 4.90 Å². The predicted octanol–water partition coefficient (Wildman–Crippen LogP) is 1.76. The van der Waals surface area contributed by atoms with Gasteiger partial charge in [-0.1, -0.05) is 0 Å². The second-order valence-electron chi connectivity index (χ2n) is 2.28. The van der Waals surface area contributed by atoms with Gasteiger partial charge in [-0.2, -0.15) is 5.26 Å². The molecule has 0 bridgehead atoms. The fourth-order valence-electron chi connectivity index (χ4n) is 0.824. The van der Waals surface area contributed by atoms with Crippen LogP contribution in [0.2, 0.25) is 0 Å². The van der Waals surface area contributed by atoms with Gasteiger partial charge >= 0.3 is 0 Å². The summed E-state index contributed by atoms with van der Waals surface area (Å²) >= 11 is 0. The monoisotopic (exact) mass is 237 g/mol. The quantitative estimate of drug-likeness (QED) is 0.700. The van der Waals surface area contributed by atoms with E-state index in [1.165, 1.54) is 6.07 Å². The van der Waals surface area contributed by atoms with Crippen LogP contribution in [0.15, 0.2) is 17.0 Å². The molecule has 0 amide bonds. The van der Waals surface area contributed by atoms with E-state index in [9.17, 15) is 17.2 Å². The molecule has 14 heavy (non-hydrogen) atoms. The van der Waals surface area contributed by atoms with Crippen molar-refractivity contribution in [3.8, 4) is 6.07 Å². The molecule has 0 atom stereocenters. The number of hydrogen-bond donors (Lipinski definition) is 0. The third kappa shape index (κ3) is 1.84. The highest BCUT2D eigenvalue weighted by Crippen LogP contribution is 2.22. The van der Waals surface area contributed by atoms with Crippen molar-refractivity contribution in [3.05, 3.63) is 29.3 Å². The van der Waals surface area contributed by atoms with Crippen LogP contribution < -0.4 is 0 Å². The summed E-state index contributed by atoms with van der Waals surface area (Å²) in [6, 6.07) is 2.53. The number of hydrogen-bond acceptors (Lipinski definition) is 3. The summed E-state index contributed by atoms with van der Waals surface area (Å²) in [7, 11) is 0.542. The Morgan fingerprint density at radius 2 is 1.93 bits per heavy atom. The zero-order valence-electron chi connectivity index (χ0n) is 6.46. The highest BCUT2D eigenvalue weighted by Gasteiger charge is 2.21. The van der Waals surface area contributed by atoms with Crippen molar-refractivity contribution in [2.24, 2.45) is 0 Å². The SMILES string of the molecule is N#Cc1c(F)ccc(S(=O)(=O)Cl)c1F. The third-order valence-corrected chi connectivity index (χ3v) is 2.77. The highest BCUT2D eigenvalue weighted by atomic mass is 35.7. The first-order valence-electron chi connectivity index (χ1n) is 3.20. The molecule has 3 nitrogen and oxygen atoms in total. The van der Waals surface area contributed by atoms with Crippen LogP contribution in [-0.4, -0.2) is 8.42 Å². The molecule has 0 unspecified atom stereocenters. The molecule has 0 radical (unpaired) electrons. The summed E-state index contributed by atoms with van der Waals surface area (Å²) in [6.45, 7) is 0. The van der Waals surface area contributed by atoms with E-state index in [2.05, 4.69) is 0 Å². The molecule has 0 heterocycles. The second kappa shape index (κ2) is 3.52. The van der Waals surface area contributed by atoms with Crippen LogP contribution in [0, 0.1) is 23.0 Å². The van der Waals surface area contributed by atoms with E-state index in [4.69, 9.17) is 15.9 Å². The largest absolute Gasteiger partial charge is 0.264 e. The van der Waals surface area contributed by atoms with Crippen LogP contribution in [0.4, 0.5) is 8.78 Å². The summed E-state index contributed by atoms with van der Waals surface area (Å²) in [5.74, 6) is -2.60. The van der Waals surface area contributed by atoms with Crippen LogP contribution in [0.5, 0.6) is 0 Å². The third-order valence-electron chi connectivity index (χ3n) is 1.43. The van der Waals surface area contributed by atoms with E-state index in [1.54, 1.807) is 0 Å². The maximum absolute atomic E-state index is 13.1. The summed E-state index contributed by atoms with van der Waals surface area (Å²) in [5, 5.41) is 8.32. The van der Waals surface area contributed by atoms with E-state index >= 15 is 0 Å². The van der Waals surface area contributed by atoms with Crippen molar-refractivity contribution >= 4 is 19.7 Å². The minimum atomic E-state index is -4.30. The van der Waals surface area contributed by atoms with Gasteiger partial charge in [0.1, 0.15) is 22.3 Å². The number of nitriles is 1. The summed E-state index contributed by atoms with van der Waals surface area (Å²) < 4.78 is 47.3. The molecular weight excluding hydrogens is 236 g/mol. The van der Waals surface area contributed by atoms with Crippen LogP contribution in [0.25, 0.3) is 0 Å². The molecule has 0 N–H and O–H groups in total. The van der Waals surface area contributed by atoms with E-state index in [1.807, 2.05) is 0 Å². The predicted molar refractivity (Wildman–Crippen MR) is 44.1 cm³/mol. The standard InChI is InChI=1S/C7H2ClF2NO2S/c8-14(12,13)6-2-1-5(9)4(3-11)7(6)10/h1-2H. The van der Waals surface area contributed by atoms with E-state index < -0.39 is 31.1 Å². The minimum absolute atomic E-state index is 0.661. The normalized spacial score (nSPS) is 11.0. The van der Waals surface area contributed by atoms with Crippen LogP contribution >= 0.6 is 10.7 Å². The van der Waals surface area contributed by atoms with E-state index in [0.717, 1.165) is 0 Å².